The molecule has 0 saturated carbocycles. The van der Waals surface area contributed by atoms with Gasteiger partial charge in [-0.15, -0.1) is 11.3 Å². The van der Waals surface area contributed by atoms with Gasteiger partial charge in [-0.05, 0) is 46.1 Å². The number of benzene rings is 1. The summed E-state index contributed by atoms with van der Waals surface area (Å²) >= 11 is 5.20. The molecule has 0 saturated heterocycles. The molecule has 0 aliphatic rings. The highest BCUT2D eigenvalue weighted by Crippen LogP contribution is 2.26. The summed E-state index contributed by atoms with van der Waals surface area (Å²) in [6, 6.07) is 10.2. The minimum atomic E-state index is 0.00993. The van der Waals surface area contributed by atoms with Gasteiger partial charge in [0.25, 0.3) is 0 Å². The Hall–Kier alpha value is -0.840. The molecule has 1 atom stereocenters. The second-order valence-electron chi connectivity index (χ2n) is 4.46. The summed E-state index contributed by atoms with van der Waals surface area (Å²) in [5.74, 6) is 0.905. The second kappa shape index (κ2) is 7.08. The molecule has 0 aliphatic heterocycles. The van der Waals surface area contributed by atoms with Crippen molar-refractivity contribution in [3.8, 4) is 5.75 Å². The van der Waals surface area contributed by atoms with E-state index in [2.05, 4.69) is 40.4 Å². The first kappa shape index (κ1) is 14.6. The monoisotopic (exact) mass is 339 g/mol. The fourth-order valence-corrected chi connectivity index (χ4v) is 3.36. The first-order valence-electron chi connectivity index (χ1n) is 6.40. The Labute approximate surface area is 126 Å². The van der Waals surface area contributed by atoms with Gasteiger partial charge in [0, 0.05) is 27.2 Å². The summed E-state index contributed by atoms with van der Waals surface area (Å²) in [6.07, 6.45) is 1.87. The predicted octanol–water partition coefficient (Wildman–Crippen LogP) is 4.54. The van der Waals surface area contributed by atoms with Crippen molar-refractivity contribution in [2.24, 2.45) is 5.73 Å². The molecule has 0 aliphatic carbocycles. The van der Waals surface area contributed by atoms with Crippen LogP contribution in [0.5, 0.6) is 5.75 Å². The molecule has 1 aromatic heterocycles. The number of nitrogens with two attached hydrogens (primary N) is 1. The number of hydrogen-bond acceptors (Lipinski definition) is 3. The molecular weight excluding hydrogens is 322 g/mol. The van der Waals surface area contributed by atoms with Crippen LogP contribution in [0.3, 0.4) is 0 Å². The van der Waals surface area contributed by atoms with E-state index >= 15 is 0 Å². The minimum absolute atomic E-state index is 0.00993. The van der Waals surface area contributed by atoms with E-state index in [1.807, 2.05) is 18.2 Å². The van der Waals surface area contributed by atoms with E-state index in [1.165, 1.54) is 4.88 Å². The molecule has 0 radical (unpaired) electrons. The van der Waals surface area contributed by atoms with Crippen molar-refractivity contribution in [1.29, 1.82) is 0 Å². The predicted molar refractivity (Wildman–Crippen MR) is 84.9 cm³/mol. The summed E-state index contributed by atoms with van der Waals surface area (Å²) in [4.78, 5) is 1.29. The van der Waals surface area contributed by atoms with Crippen LogP contribution in [0.25, 0.3) is 0 Å². The lowest BCUT2D eigenvalue weighted by molar-refractivity contribution is 0.317. The molecule has 0 fully saturated rings. The number of thiophene rings is 1. The fraction of sp³-hybridized carbons (Fsp3) is 0.333. The summed E-state index contributed by atoms with van der Waals surface area (Å²) in [5.41, 5.74) is 7.39. The smallest absolute Gasteiger partial charge is 0.119 e. The Balaban J connectivity index is 2.03. The molecule has 0 bridgehead atoms. The highest BCUT2D eigenvalue weighted by molar-refractivity contribution is 9.10. The van der Waals surface area contributed by atoms with Crippen molar-refractivity contribution in [1.82, 2.24) is 0 Å². The average Bonchev–Trinajstić information content (AvgIpc) is 2.82. The van der Waals surface area contributed by atoms with Crippen LogP contribution in [0.2, 0.25) is 0 Å². The van der Waals surface area contributed by atoms with E-state index in [-0.39, 0.29) is 6.04 Å². The lowest BCUT2D eigenvalue weighted by atomic mass is 10.0. The van der Waals surface area contributed by atoms with Gasteiger partial charge >= 0.3 is 0 Å². The number of hydrogen-bond donors (Lipinski definition) is 1. The molecule has 4 heteroatoms. The maximum absolute atomic E-state index is 6.27. The Morgan fingerprint density at radius 2 is 2.21 bits per heavy atom. The van der Waals surface area contributed by atoms with Crippen LogP contribution in [-0.2, 0) is 6.42 Å². The van der Waals surface area contributed by atoms with Crippen molar-refractivity contribution in [3.63, 3.8) is 0 Å². The van der Waals surface area contributed by atoms with Gasteiger partial charge in [-0.1, -0.05) is 19.1 Å². The van der Waals surface area contributed by atoms with Gasteiger partial charge in [-0.25, -0.2) is 0 Å². The average molecular weight is 340 g/mol. The topological polar surface area (TPSA) is 35.2 Å². The van der Waals surface area contributed by atoms with Crippen LogP contribution < -0.4 is 10.5 Å². The lowest BCUT2D eigenvalue weighted by Gasteiger charge is -2.13. The molecule has 2 N–H and O–H groups in total. The zero-order chi connectivity index (χ0) is 13.7. The maximum atomic E-state index is 6.27. The molecule has 0 amide bonds. The highest BCUT2D eigenvalue weighted by Gasteiger charge is 2.09. The molecule has 1 heterocycles. The van der Waals surface area contributed by atoms with Gasteiger partial charge in [-0.3, -0.25) is 0 Å². The maximum Gasteiger partial charge on any atom is 0.119 e. The quantitative estimate of drug-likeness (QED) is 0.838. The van der Waals surface area contributed by atoms with Crippen LogP contribution in [0.4, 0.5) is 0 Å². The Morgan fingerprint density at radius 1 is 1.37 bits per heavy atom. The number of ether oxygens (including phenoxy) is 1. The second-order valence-corrected chi connectivity index (χ2v) is 6.37. The zero-order valence-electron chi connectivity index (χ0n) is 10.9. The molecule has 2 aromatic rings. The van der Waals surface area contributed by atoms with E-state index in [4.69, 9.17) is 10.5 Å². The van der Waals surface area contributed by atoms with Crippen molar-refractivity contribution in [2.75, 3.05) is 6.61 Å². The summed E-state index contributed by atoms with van der Waals surface area (Å²) in [7, 11) is 0. The first-order valence-corrected chi connectivity index (χ1v) is 8.07. The summed E-state index contributed by atoms with van der Waals surface area (Å²) < 4.78 is 6.76. The van der Waals surface area contributed by atoms with Crippen molar-refractivity contribution in [2.45, 2.75) is 25.8 Å². The molecule has 0 spiro atoms. The van der Waals surface area contributed by atoms with Crippen molar-refractivity contribution >= 4 is 27.3 Å². The van der Waals surface area contributed by atoms with Crippen LogP contribution in [-0.4, -0.2) is 6.61 Å². The normalized spacial score (nSPS) is 12.4. The van der Waals surface area contributed by atoms with Gasteiger partial charge in [-0.2, -0.15) is 0 Å². The van der Waals surface area contributed by atoms with E-state index in [9.17, 15) is 0 Å². The Kier molecular flexibility index (Phi) is 5.43. The van der Waals surface area contributed by atoms with E-state index in [0.29, 0.717) is 0 Å². The highest BCUT2D eigenvalue weighted by atomic mass is 79.9. The minimum Gasteiger partial charge on any atom is -0.494 e. The Bertz CT molecular complexity index is 526. The Morgan fingerprint density at radius 3 is 2.89 bits per heavy atom. The third kappa shape index (κ3) is 4.34. The van der Waals surface area contributed by atoms with E-state index in [0.717, 1.165) is 35.2 Å². The molecule has 102 valence electrons. The standard InChI is InChI=1S/C15H18BrNOS/c1-2-6-18-13-5-3-4-11(7-13)15(17)9-14-8-12(16)10-19-14/h3-5,7-8,10,15H,2,6,9,17H2,1H3. The molecule has 19 heavy (non-hydrogen) atoms. The third-order valence-corrected chi connectivity index (χ3v) is 4.52. The number of halogens is 1. The molecule has 2 nitrogen and oxygen atoms in total. The number of rotatable bonds is 6. The fourth-order valence-electron chi connectivity index (χ4n) is 1.85. The van der Waals surface area contributed by atoms with Crippen LogP contribution >= 0.6 is 27.3 Å². The molecular formula is C15H18BrNOS. The molecule has 1 unspecified atom stereocenters. The van der Waals surface area contributed by atoms with Gasteiger partial charge in [0.1, 0.15) is 5.75 Å². The van der Waals surface area contributed by atoms with Gasteiger partial charge in [0.15, 0.2) is 0 Å². The van der Waals surface area contributed by atoms with Crippen LogP contribution in [0.1, 0.15) is 29.8 Å². The van der Waals surface area contributed by atoms with Crippen LogP contribution in [0, 0.1) is 0 Å². The van der Waals surface area contributed by atoms with Crippen molar-refractivity contribution in [3.05, 3.63) is 50.6 Å². The van der Waals surface area contributed by atoms with Gasteiger partial charge in [0.2, 0.25) is 0 Å². The molecule has 1 aromatic carbocycles. The van der Waals surface area contributed by atoms with Gasteiger partial charge < -0.3 is 10.5 Å². The third-order valence-electron chi connectivity index (χ3n) is 2.80. The summed E-state index contributed by atoms with van der Waals surface area (Å²) in [6.45, 7) is 2.85. The molecule has 2 rings (SSSR count). The first-order chi connectivity index (χ1) is 9.19. The van der Waals surface area contributed by atoms with Crippen LogP contribution in [0.15, 0.2) is 40.2 Å². The van der Waals surface area contributed by atoms with Gasteiger partial charge in [0.05, 0.1) is 6.61 Å². The SMILES string of the molecule is CCCOc1cccc(C(N)Cc2cc(Br)cs2)c1. The van der Waals surface area contributed by atoms with E-state index < -0.39 is 0 Å². The summed E-state index contributed by atoms with van der Waals surface area (Å²) in [5, 5.41) is 2.09. The van der Waals surface area contributed by atoms with Crippen molar-refractivity contribution < 1.29 is 4.74 Å². The van der Waals surface area contributed by atoms with E-state index in [1.54, 1.807) is 11.3 Å². The zero-order valence-corrected chi connectivity index (χ0v) is 13.3. The largest absolute Gasteiger partial charge is 0.494 e. The lowest BCUT2D eigenvalue weighted by Crippen LogP contribution is -2.12.